The van der Waals surface area contributed by atoms with Gasteiger partial charge in [0.25, 0.3) is 5.56 Å². The number of aromatic amines is 1. The van der Waals surface area contributed by atoms with E-state index in [9.17, 15) is 4.79 Å². The van der Waals surface area contributed by atoms with E-state index in [1.165, 1.54) is 17.8 Å². The van der Waals surface area contributed by atoms with Crippen molar-refractivity contribution in [3.05, 3.63) is 27.9 Å². The number of aromatic nitrogens is 4. The van der Waals surface area contributed by atoms with Crippen molar-refractivity contribution in [2.24, 2.45) is 0 Å². The zero-order valence-electron chi connectivity index (χ0n) is 9.64. The molecule has 0 amide bonds. The first-order chi connectivity index (χ1) is 8.78. The van der Waals surface area contributed by atoms with Crippen molar-refractivity contribution in [3.8, 4) is 11.5 Å². The summed E-state index contributed by atoms with van der Waals surface area (Å²) in [6.45, 7) is 2.05. The van der Waals surface area contributed by atoms with Crippen LogP contribution in [0.5, 0.6) is 0 Å². The maximum atomic E-state index is 11.8. The molecule has 0 aliphatic heterocycles. The fourth-order valence-corrected chi connectivity index (χ4v) is 2.25. The zero-order chi connectivity index (χ0) is 12.5. The quantitative estimate of drug-likeness (QED) is 0.780. The minimum Gasteiger partial charge on any atom is -0.448 e. The monoisotopic (exact) mass is 262 g/mol. The van der Waals surface area contributed by atoms with E-state index in [0.29, 0.717) is 28.4 Å². The Balaban J connectivity index is 2.09. The second-order valence-electron chi connectivity index (χ2n) is 3.84. The predicted molar refractivity (Wildman–Crippen MR) is 67.5 cm³/mol. The second kappa shape index (κ2) is 4.34. The van der Waals surface area contributed by atoms with E-state index in [1.807, 2.05) is 6.92 Å². The normalized spacial score (nSPS) is 11.2. The van der Waals surface area contributed by atoms with Gasteiger partial charge in [-0.1, -0.05) is 6.92 Å². The molecule has 0 fully saturated rings. The lowest BCUT2D eigenvalue weighted by Crippen LogP contribution is -2.09. The molecule has 0 aromatic carbocycles. The van der Waals surface area contributed by atoms with Gasteiger partial charge in [-0.2, -0.15) is 4.37 Å². The summed E-state index contributed by atoms with van der Waals surface area (Å²) in [5, 5.41) is 1.74. The Hall–Kier alpha value is -2.02. The van der Waals surface area contributed by atoms with Crippen LogP contribution in [0.3, 0.4) is 0 Å². The van der Waals surface area contributed by atoms with Gasteiger partial charge in [-0.25, -0.2) is 9.97 Å². The van der Waals surface area contributed by atoms with Crippen molar-refractivity contribution < 1.29 is 4.42 Å². The Morgan fingerprint density at radius 2 is 2.33 bits per heavy atom. The molecule has 3 rings (SSSR count). The van der Waals surface area contributed by atoms with Gasteiger partial charge in [0.15, 0.2) is 17.2 Å². The van der Waals surface area contributed by atoms with Crippen LogP contribution in [0.4, 0.5) is 0 Å². The van der Waals surface area contributed by atoms with Crippen LogP contribution < -0.4 is 5.56 Å². The van der Waals surface area contributed by atoms with Gasteiger partial charge < -0.3 is 9.40 Å². The van der Waals surface area contributed by atoms with E-state index in [1.54, 1.807) is 5.38 Å². The van der Waals surface area contributed by atoms with Gasteiger partial charge in [0.05, 0.1) is 0 Å². The van der Waals surface area contributed by atoms with E-state index in [4.69, 9.17) is 4.42 Å². The Kier molecular flexibility index (Phi) is 2.67. The molecule has 6 nitrogen and oxygen atoms in total. The summed E-state index contributed by atoms with van der Waals surface area (Å²) in [5.74, 6) is 1.07. The van der Waals surface area contributed by atoms with Gasteiger partial charge in [0.1, 0.15) is 17.5 Å². The van der Waals surface area contributed by atoms with Gasteiger partial charge in [-0.3, -0.25) is 4.79 Å². The summed E-state index contributed by atoms with van der Waals surface area (Å²) >= 11 is 1.21. The molecule has 0 saturated carbocycles. The highest BCUT2D eigenvalue weighted by atomic mass is 32.1. The van der Waals surface area contributed by atoms with Crippen molar-refractivity contribution in [2.75, 3.05) is 0 Å². The SMILES string of the molecule is CCCc1nc(-c2nc3csnc3c(=O)[nH]2)co1. The highest BCUT2D eigenvalue weighted by molar-refractivity contribution is 7.04. The molecule has 3 aromatic rings. The standard InChI is InChI=1S/C11H10N4O2S/c1-2-3-8-12-6(4-17-8)10-13-7-5-18-15-9(7)11(16)14-10/h4-5H,2-3H2,1H3,(H,13,14,16). The molecule has 0 unspecified atom stereocenters. The average molecular weight is 262 g/mol. The number of nitrogens with zero attached hydrogens (tertiary/aromatic N) is 3. The number of aryl methyl sites for hydroxylation is 1. The van der Waals surface area contributed by atoms with Crippen LogP contribution in [0.15, 0.2) is 20.9 Å². The Morgan fingerprint density at radius 3 is 3.17 bits per heavy atom. The van der Waals surface area contributed by atoms with Crippen molar-refractivity contribution in [3.63, 3.8) is 0 Å². The van der Waals surface area contributed by atoms with Gasteiger partial charge in [0, 0.05) is 11.8 Å². The smallest absolute Gasteiger partial charge is 0.278 e. The van der Waals surface area contributed by atoms with E-state index >= 15 is 0 Å². The summed E-state index contributed by atoms with van der Waals surface area (Å²) in [6.07, 6.45) is 3.23. The van der Waals surface area contributed by atoms with Gasteiger partial charge in [-0.15, -0.1) is 0 Å². The molecule has 0 saturated heterocycles. The maximum absolute atomic E-state index is 11.8. The minimum atomic E-state index is -0.253. The Bertz CT molecular complexity index is 743. The minimum absolute atomic E-state index is 0.253. The molecule has 0 radical (unpaired) electrons. The molecule has 3 heterocycles. The predicted octanol–water partition coefficient (Wildman–Crippen LogP) is 1.99. The van der Waals surface area contributed by atoms with Crippen molar-refractivity contribution >= 4 is 22.6 Å². The number of fused-ring (bicyclic) bond motifs is 1. The Labute approximate surface area is 106 Å². The van der Waals surface area contributed by atoms with Crippen LogP contribution in [0.1, 0.15) is 19.2 Å². The lowest BCUT2D eigenvalue weighted by Gasteiger charge is -1.94. The van der Waals surface area contributed by atoms with Crippen LogP contribution >= 0.6 is 11.5 Å². The van der Waals surface area contributed by atoms with Crippen LogP contribution in [0.2, 0.25) is 0 Å². The first kappa shape index (κ1) is 11.1. The van der Waals surface area contributed by atoms with E-state index in [2.05, 4.69) is 19.3 Å². The lowest BCUT2D eigenvalue weighted by molar-refractivity contribution is 0.491. The third-order valence-corrected chi connectivity index (χ3v) is 3.11. The van der Waals surface area contributed by atoms with Gasteiger partial charge in [-0.05, 0) is 18.0 Å². The van der Waals surface area contributed by atoms with Crippen LogP contribution in [0.25, 0.3) is 22.6 Å². The molecule has 0 aliphatic rings. The highest BCUT2D eigenvalue weighted by Gasteiger charge is 2.11. The molecule has 1 N–H and O–H groups in total. The van der Waals surface area contributed by atoms with Crippen molar-refractivity contribution in [2.45, 2.75) is 19.8 Å². The zero-order valence-corrected chi connectivity index (χ0v) is 10.5. The maximum Gasteiger partial charge on any atom is 0.278 e. The van der Waals surface area contributed by atoms with E-state index < -0.39 is 0 Å². The highest BCUT2D eigenvalue weighted by Crippen LogP contribution is 2.16. The van der Waals surface area contributed by atoms with E-state index in [-0.39, 0.29) is 5.56 Å². The molecule has 7 heteroatoms. The molecular formula is C11H10N4O2S. The van der Waals surface area contributed by atoms with Crippen LogP contribution in [0, 0.1) is 0 Å². The molecule has 92 valence electrons. The van der Waals surface area contributed by atoms with E-state index in [0.717, 1.165) is 12.8 Å². The summed E-state index contributed by atoms with van der Waals surface area (Å²) in [6, 6.07) is 0. The molecule has 0 atom stereocenters. The number of hydrogen-bond donors (Lipinski definition) is 1. The number of H-pyrrole nitrogens is 1. The third-order valence-electron chi connectivity index (χ3n) is 2.49. The molecule has 0 aliphatic carbocycles. The second-order valence-corrected chi connectivity index (χ2v) is 4.47. The molecule has 0 spiro atoms. The number of rotatable bonds is 3. The average Bonchev–Trinajstić information content (AvgIpc) is 2.97. The van der Waals surface area contributed by atoms with Gasteiger partial charge in [0.2, 0.25) is 0 Å². The van der Waals surface area contributed by atoms with Crippen LogP contribution in [-0.2, 0) is 6.42 Å². The number of nitrogens with one attached hydrogen (secondary N) is 1. The fourth-order valence-electron chi connectivity index (χ4n) is 1.65. The van der Waals surface area contributed by atoms with Crippen molar-refractivity contribution in [1.29, 1.82) is 0 Å². The first-order valence-corrected chi connectivity index (χ1v) is 6.40. The van der Waals surface area contributed by atoms with Crippen molar-refractivity contribution in [1.82, 2.24) is 19.3 Å². The summed E-state index contributed by atoms with van der Waals surface area (Å²) < 4.78 is 9.29. The third kappa shape index (κ3) is 1.82. The molecular weight excluding hydrogens is 252 g/mol. The largest absolute Gasteiger partial charge is 0.448 e. The topological polar surface area (TPSA) is 84.7 Å². The van der Waals surface area contributed by atoms with Crippen LogP contribution in [-0.4, -0.2) is 19.3 Å². The Morgan fingerprint density at radius 1 is 1.44 bits per heavy atom. The fraction of sp³-hybridized carbons (Fsp3) is 0.273. The molecule has 3 aromatic heterocycles. The number of oxazole rings is 1. The molecule has 18 heavy (non-hydrogen) atoms. The first-order valence-electron chi connectivity index (χ1n) is 5.57. The van der Waals surface area contributed by atoms with Gasteiger partial charge >= 0.3 is 0 Å². The number of hydrogen-bond acceptors (Lipinski definition) is 6. The summed E-state index contributed by atoms with van der Waals surface area (Å²) in [4.78, 5) is 23.0. The molecule has 0 bridgehead atoms. The summed E-state index contributed by atoms with van der Waals surface area (Å²) in [7, 11) is 0. The lowest BCUT2D eigenvalue weighted by atomic mass is 10.3. The summed E-state index contributed by atoms with van der Waals surface area (Å²) in [5.41, 5.74) is 1.24.